The molecule has 0 unspecified atom stereocenters. The van der Waals surface area contributed by atoms with Crippen molar-refractivity contribution in [3.8, 4) is 6.07 Å². The number of hydrogen-bond acceptors (Lipinski definition) is 4. The number of carbonyl (C=O) groups is 1. The first-order chi connectivity index (χ1) is 7.58. The second-order valence-corrected chi connectivity index (χ2v) is 5.69. The van der Waals surface area contributed by atoms with Crippen molar-refractivity contribution in [1.82, 2.24) is 4.90 Å². The van der Waals surface area contributed by atoms with Crippen LogP contribution in [-0.4, -0.2) is 34.5 Å². The number of amides is 1. The average molecular weight is 240 g/mol. The minimum Gasteiger partial charge on any atom is -0.444 e. The summed E-state index contributed by atoms with van der Waals surface area (Å²) in [4.78, 5) is 13.4. The monoisotopic (exact) mass is 240 g/mol. The minimum absolute atomic E-state index is 0.317. The van der Waals surface area contributed by atoms with Crippen LogP contribution in [0.2, 0.25) is 0 Å². The third-order valence-electron chi connectivity index (χ3n) is 2.50. The molecule has 0 radical (unpaired) electrons. The van der Waals surface area contributed by atoms with E-state index < -0.39 is 23.5 Å². The van der Waals surface area contributed by atoms with Gasteiger partial charge < -0.3 is 9.47 Å². The highest BCUT2D eigenvalue weighted by Gasteiger charge is 2.49. The van der Waals surface area contributed by atoms with Crippen LogP contribution in [0.15, 0.2) is 0 Å². The molecule has 0 aromatic heterocycles. The smallest absolute Gasteiger partial charge is 0.413 e. The van der Waals surface area contributed by atoms with Crippen LogP contribution in [0.4, 0.5) is 4.79 Å². The second-order valence-electron chi connectivity index (χ2n) is 5.69. The van der Waals surface area contributed by atoms with Crippen molar-refractivity contribution in [3.05, 3.63) is 0 Å². The molecule has 1 amide bonds. The van der Waals surface area contributed by atoms with Gasteiger partial charge in [0.2, 0.25) is 0 Å². The fraction of sp³-hybridized carbons (Fsp3) is 0.833. The van der Waals surface area contributed by atoms with E-state index in [1.165, 1.54) is 4.90 Å². The molecule has 1 saturated heterocycles. The summed E-state index contributed by atoms with van der Waals surface area (Å²) in [7, 11) is 0. The molecule has 1 aliphatic rings. The number of ether oxygens (including phenoxy) is 2. The van der Waals surface area contributed by atoms with Gasteiger partial charge in [0, 0.05) is 0 Å². The molecule has 0 spiro atoms. The van der Waals surface area contributed by atoms with Crippen molar-refractivity contribution in [2.75, 3.05) is 0 Å². The third kappa shape index (κ3) is 2.89. The van der Waals surface area contributed by atoms with Gasteiger partial charge in [0.1, 0.15) is 11.3 Å². The van der Waals surface area contributed by atoms with Gasteiger partial charge in [0.15, 0.2) is 6.04 Å². The lowest BCUT2D eigenvalue weighted by molar-refractivity contribution is -0.0751. The molecule has 0 aromatic rings. The Hall–Kier alpha value is -1.28. The van der Waals surface area contributed by atoms with Crippen molar-refractivity contribution in [2.24, 2.45) is 0 Å². The lowest BCUT2D eigenvalue weighted by Crippen LogP contribution is -2.49. The molecule has 0 aliphatic carbocycles. The zero-order valence-corrected chi connectivity index (χ0v) is 11.3. The largest absolute Gasteiger partial charge is 0.444 e. The maximum Gasteiger partial charge on any atom is 0.413 e. The SMILES string of the molecule is C[C@H]1OC(C)(C)N(C(=O)OC(C)(C)C)[C@@H]1C#N. The molecule has 2 atom stereocenters. The number of nitrogens with zero attached hydrogens (tertiary/aromatic N) is 2. The van der Waals surface area contributed by atoms with Crippen LogP contribution in [0, 0.1) is 11.3 Å². The predicted octanol–water partition coefficient (Wildman–Crippen LogP) is 2.27. The number of hydrogen-bond donors (Lipinski definition) is 0. The Morgan fingerprint density at radius 1 is 1.47 bits per heavy atom. The van der Waals surface area contributed by atoms with Gasteiger partial charge in [-0.2, -0.15) is 5.26 Å². The molecule has 0 aromatic carbocycles. The van der Waals surface area contributed by atoms with E-state index in [1.54, 1.807) is 41.5 Å². The van der Waals surface area contributed by atoms with E-state index in [4.69, 9.17) is 14.7 Å². The normalized spacial score (nSPS) is 27.7. The molecule has 1 rings (SSSR count). The molecule has 1 heterocycles. The van der Waals surface area contributed by atoms with E-state index >= 15 is 0 Å². The van der Waals surface area contributed by atoms with Crippen LogP contribution in [-0.2, 0) is 9.47 Å². The maximum atomic E-state index is 12.1. The van der Waals surface area contributed by atoms with Crippen LogP contribution in [0.3, 0.4) is 0 Å². The second kappa shape index (κ2) is 4.19. The van der Waals surface area contributed by atoms with Crippen LogP contribution < -0.4 is 0 Å². The Morgan fingerprint density at radius 2 is 2.00 bits per heavy atom. The van der Waals surface area contributed by atoms with Crippen LogP contribution >= 0.6 is 0 Å². The van der Waals surface area contributed by atoms with Gasteiger partial charge in [0.05, 0.1) is 12.2 Å². The first kappa shape index (κ1) is 13.8. The highest BCUT2D eigenvalue weighted by atomic mass is 16.6. The number of carbonyl (C=O) groups excluding carboxylic acids is 1. The Labute approximate surface area is 102 Å². The molecule has 5 nitrogen and oxygen atoms in total. The number of rotatable bonds is 0. The molecular weight excluding hydrogens is 220 g/mol. The highest BCUT2D eigenvalue weighted by molar-refractivity contribution is 5.70. The van der Waals surface area contributed by atoms with Crippen LogP contribution in [0.1, 0.15) is 41.5 Å². The van der Waals surface area contributed by atoms with Crippen molar-refractivity contribution in [1.29, 1.82) is 5.26 Å². The van der Waals surface area contributed by atoms with Crippen molar-refractivity contribution in [3.63, 3.8) is 0 Å². The summed E-state index contributed by atoms with van der Waals surface area (Å²) in [6, 6.07) is 1.47. The fourth-order valence-corrected chi connectivity index (χ4v) is 1.93. The molecule has 17 heavy (non-hydrogen) atoms. The highest BCUT2D eigenvalue weighted by Crippen LogP contribution is 2.33. The topological polar surface area (TPSA) is 62.6 Å². The van der Waals surface area contributed by atoms with Crippen LogP contribution in [0.5, 0.6) is 0 Å². The summed E-state index contributed by atoms with van der Waals surface area (Å²) in [5, 5.41) is 9.11. The quantitative estimate of drug-likeness (QED) is 0.651. The molecule has 1 fully saturated rings. The Bertz CT molecular complexity index is 352. The van der Waals surface area contributed by atoms with Gasteiger partial charge in [-0.05, 0) is 41.5 Å². The fourth-order valence-electron chi connectivity index (χ4n) is 1.93. The van der Waals surface area contributed by atoms with Crippen molar-refractivity contribution in [2.45, 2.75) is 65.0 Å². The molecule has 5 heteroatoms. The Morgan fingerprint density at radius 3 is 2.41 bits per heavy atom. The standard InChI is InChI=1S/C12H20N2O3/c1-8-9(7-13)14(12(5,6)16-8)10(15)17-11(2,3)4/h8-9H,1-6H3/t8-,9-/m1/s1. The zero-order chi connectivity index (χ0) is 13.4. The lowest BCUT2D eigenvalue weighted by atomic mass is 10.1. The van der Waals surface area contributed by atoms with E-state index in [2.05, 4.69) is 6.07 Å². The van der Waals surface area contributed by atoms with Gasteiger partial charge in [-0.25, -0.2) is 4.79 Å². The molecular formula is C12H20N2O3. The molecule has 0 N–H and O–H groups in total. The third-order valence-corrected chi connectivity index (χ3v) is 2.50. The van der Waals surface area contributed by atoms with Gasteiger partial charge in [-0.3, -0.25) is 4.90 Å². The van der Waals surface area contributed by atoms with E-state index in [9.17, 15) is 4.79 Å². The van der Waals surface area contributed by atoms with E-state index in [0.717, 1.165) is 0 Å². The number of nitriles is 1. The van der Waals surface area contributed by atoms with Gasteiger partial charge in [-0.15, -0.1) is 0 Å². The lowest BCUT2D eigenvalue weighted by Gasteiger charge is -2.33. The Kier molecular flexibility index (Phi) is 3.40. The summed E-state index contributed by atoms with van der Waals surface area (Å²) in [5.41, 5.74) is -1.40. The summed E-state index contributed by atoms with van der Waals surface area (Å²) >= 11 is 0. The van der Waals surface area contributed by atoms with Crippen molar-refractivity contribution < 1.29 is 14.3 Å². The van der Waals surface area contributed by atoms with E-state index in [-0.39, 0.29) is 6.10 Å². The minimum atomic E-state index is -0.817. The van der Waals surface area contributed by atoms with E-state index in [1.807, 2.05) is 0 Å². The molecule has 0 bridgehead atoms. The van der Waals surface area contributed by atoms with E-state index in [0.29, 0.717) is 0 Å². The Balaban J connectivity index is 2.94. The van der Waals surface area contributed by atoms with Crippen molar-refractivity contribution >= 4 is 6.09 Å². The summed E-state index contributed by atoms with van der Waals surface area (Å²) in [6.45, 7) is 10.7. The van der Waals surface area contributed by atoms with Gasteiger partial charge in [0.25, 0.3) is 0 Å². The summed E-state index contributed by atoms with van der Waals surface area (Å²) < 4.78 is 10.9. The first-order valence-corrected chi connectivity index (χ1v) is 5.68. The van der Waals surface area contributed by atoms with Gasteiger partial charge in [-0.1, -0.05) is 0 Å². The molecule has 0 saturated carbocycles. The molecule has 96 valence electrons. The summed E-state index contributed by atoms with van der Waals surface area (Å²) in [5.74, 6) is 0. The molecule has 1 aliphatic heterocycles. The predicted molar refractivity (Wildman–Crippen MR) is 62.1 cm³/mol. The average Bonchev–Trinajstić information content (AvgIpc) is 2.31. The first-order valence-electron chi connectivity index (χ1n) is 5.68. The zero-order valence-electron chi connectivity index (χ0n) is 11.3. The summed E-state index contributed by atoms with van der Waals surface area (Å²) in [6.07, 6.45) is -0.832. The van der Waals surface area contributed by atoms with Crippen LogP contribution in [0.25, 0.3) is 0 Å². The van der Waals surface area contributed by atoms with Gasteiger partial charge >= 0.3 is 6.09 Å². The maximum absolute atomic E-state index is 12.1.